The first-order valence-corrected chi connectivity index (χ1v) is 9.07. The van der Waals surface area contributed by atoms with E-state index in [2.05, 4.69) is 10.6 Å². The van der Waals surface area contributed by atoms with Crippen molar-refractivity contribution in [2.24, 2.45) is 0 Å². The molecule has 2 aromatic carbocycles. The van der Waals surface area contributed by atoms with Crippen LogP contribution < -0.4 is 10.6 Å². The molecule has 2 heterocycles. The van der Waals surface area contributed by atoms with E-state index in [-0.39, 0.29) is 12.5 Å². The molecule has 1 spiro atoms. The zero-order chi connectivity index (χ0) is 19.0. The number of nitrogens with zero attached hydrogens (tertiary/aromatic N) is 1. The molecular weight excluding hydrogens is 342 g/mol. The van der Waals surface area contributed by atoms with Crippen molar-refractivity contribution in [2.75, 3.05) is 23.7 Å². The number of para-hydroxylation sites is 1. The molecule has 0 radical (unpaired) electrons. The molecule has 0 aliphatic carbocycles. The van der Waals surface area contributed by atoms with Crippen LogP contribution in [0.5, 0.6) is 0 Å². The highest BCUT2D eigenvalue weighted by atomic mass is 16.2. The molecule has 2 aliphatic heterocycles. The van der Waals surface area contributed by atoms with E-state index in [1.807, 2.05) is 43.3 Å². The molecule has 6 heteroatoms. The molecule has 1 saturated heterocycles. The maximum Gasteiger partial charge on any atom is 0.313 e. The lowest BCUT2D eigenvalue weighted by molar-refractivity contribution is -0.145. The summed E-state index contributed by atoms with van der Waals surface area (Å²) < 4.78 is 0. The number of hydrogen-bond acceptors (Lipinski definition) is 3. The molecule has 0 bridgehead atoms. The summed E-state index contributed by atoms with van der Waals surface area (Å²) >= 11 is 0. The molecule has 2 N–H and O–H groups in total. The molecular formula is C21H21N3O3. The molecule has 2 aromatic rings. The first kappa shape index (κ1) is 17.3. The Balaban J connectivity index is 1.53. The Morgan fingerprint density at radius 3 is 2.63 bits per heavy atom. The predicted molar refractivity (Wildman–Crippen MR) is 102 cm³/mol. The fourth-order valence-corrected chi connectivity index (χ4v) is 3.97. The van der Waals surface area contributed by atoms with Crippen LogP contribution >= 0.6 is 0 Å². The van der Waals surface area contributed by atoms with Crippen molar-refractivity contribution in [3.63, 3.8) is 0 Å². The number of aryl methyl sites for hydroxylation is 1. The predicted octanol–water partition coefficient (Wildman–Crippen LogP) is 2.45. The number of fused-ring (bicyclic) bond motifs is 2. The largest absolute Gasteiger partial charge is 0.333 e. The zero-order valence-corrected chi connectivity index (χ0v) is 15.1. The maximum absolute atomic E-state index is 12.7. The lowest BCUT2D eigenvalue weighted by Gasteiger charge is -2.38. The van der Waals surface area contributed by atoms with Crippen molar-refractivity contribution >= 4 is 29.1 Å². The molecule has 2 aliphatic rings. The van der Waals surface area contributed by atoms with Gasteiger partial charge >= 0.3 is 11.8 Å². The van der Waals surface area contributed by atoms with Crippen LogP contribution in [0.15, 0.2) is 48.5 Å². The number of nitrogens with one attached hydrogen (secondary N) is 2. The quantitative estimate of drug-likeness (QED) is 0.764. The molecule has 138 valence electrons. The van der Waals surface area contributed by atoms with Crippen molar-refractivity contribution in [2.45, 2.75) is 25.2 Å². The number of carbonyl (C=O) groups excluding carboxylic acids is 3. The first-order valence-electron chi connectivity index (χ1n) is 9.07. The Kier molecular flexibility index (Phi) is 4.18. The number of likely N-dealkylation sites (tertiary alicyclic amines) is 1. The van der Waals surface area contributed by atoms with Crippen LogP contribution in [-0.4, -0.2) is 35.7 Å². The summed E-state index contributed by atoms with van der Waals surface area (Å²) in [5.41, 5.74) is 2.58. The van der Waals surface area contributed by atoms with Crippen molar-refractivity contribution in [1.29, 1.82) is 0 Å². The number of anilines is 2. The number of piperidine rings is 1. The average molecular weight is 363 g/mol. The van der Waals surface area contributed by atoms with Crippen molar-refractivity contribution in [3.05, 3.63) is 59.7 Å². The molecule has 0 aromatic heterocycles. The van der Waals surface area contributed by atoms with Gasteiger partial charge in [0.05, 0.1) is 5.41 Å². The minimum absolute atomic E-state index is 0.0971. The van der Waals surface area contributed by atoms with Gasteiger partial charge in [-0.1, -0.05) is 35.9 Å². The third-order valence-corrected chi connectivity index (χ3v) is 5.41. The van der Waals surface area contributed by atoms with E-state index < -0.39 is 17.2 Å². The van der Waals surface area contributed by atoms with Gasteiger partial charge in [-0.15, -0.1) is 0 Å². The number of rotatable bonds is 1. The van der Waals surface area contributed by atoms with Crippen LogP contribution in [-0.2, 0) is 19.8 Å². The Bertz CT molecular complexity index is 923. The third-order valence-electron chi connectivity index (χ3n) is 5.41. The average Bonchev–Trinajstić information content (AvgIpc) is 2.94. The molecule has 0 unspecified atom stereocenters. The number of benzene rings is 2. The zero-order valence-electron chi connectivity index (χ0n) is 15.1. The van der Waals surface area contributed by atoms with Gasteiger partial charge in [0.2, 0.25) is 5.91 Å². The van der Waals surface area contributed by atoms with Crippen LogP contribution in [0.25, 0.3) is 0 Å². The minimum atomic E-state index is -0.769. The highest BCUT2D eigenvalue weighted by molar-refractivity contribution is 6.39. The topological polar surface area (TPSA) is 78.5 Å². The molecule has 1 atom stereocenters. The number of carbonyl (C=O) groups is 3. The monoisotopic (exact) mass is 363 g/mol. The van der Waals surface area contributed by atoms with E-state index in [1.165, 1.54) is 4.90 Å². The normalized spacial score (nSPS) is 20.9. The third kappa shape index (κ3) is 2.97. The van der Waals surface area contributed by atoms with Crippen molar-refractivity contribution in [3.8, 4) is 0 Å². The van der Waals surface area contributed by atoms with E-state index >= 15 is 0 Å². The van der Waals surface area contributed by atoms with Gasteiger partial charge in [0, 0.05) is 24.5 Å². The summed E-state index contributed by atoms with van der Waals surface area (Å²) in [6, 6.07) is 14.8. The van der Waals surface area contributed by atoms with E-state index in [0.717, 1.165) is 16.8 Å². The summed E-state index contributed by atoms with van der Waals surface area (Å²) in [6.45, 7) is 2.64. The maximum atomic E-state index is 12.7. The SMILES string of the molecule is Cc1ccc(NC(=O)C(=O)N2CCC[C@@]3(C2)C(=O)Nc2ccccc23)cc1. The fourth-order valence-electron chi connectivity index (χ4n) is 3.97. The van der Waals surface area contributed by atoms with Gasteiger partial charge in [0.15, 0.2) is 0 Å². The Hall–Kier alpha value is -3.15. The first-order chi connectivity index (χ1) is 13.0. The minimum Gasteiger partial charge on any atom is -0.333 e. The molecule has 3 amide bonds. The van der Waals surface area contributed by atoms with Crippen molar-refractivity contribution in [1.82, 2.24) is 4.90 Å². The summed E-state index contributed by atoms with van der Waals surface area (Å²) in [5.74, 6) is -1.38. The molecule has 6 nitrogen and oxygen atoms in total. The number of amides is 3. The lowest BCUT2D eigenvalue weighted by Crippen LogP contribution is -2.54. The Morgan fingerprint density at radius 1 is 1.11 bits per heavy atom. The smallest absolute Gasteiger partial charge is 0.313 e. The van der Waals surface area contributed by atoms with Gasteiger partial charge in [-0.3, -0.25) is 14.4 Å². The molecule has 27 heavy (non-hydrogen) atoms. The highest BCUT2D eigenvalue weighted by Gasteiger charge is 2.50. The summed E-state index contributed by atoms with van der Waals surface area (Å²) in [4.78, 5) is 39.3. The fraction of sp³-hybridized carbons (Fsp3) is 0.286. The van der Waals surface area contributed by atoms with E-state index in [9.17, 15) is 14.4 Å². The molecule has 0 saturated carbocycles. The van der Waals surface area contributed by atoms with Gasteiger partial charge in [0.1, 0.15) is 0 Å². The molecule has 1 fully saturated rings. The van der Waals surface area contributed by atoms with E-state index in [4.69, 9.17) is 0 Å². The second kappa shape index (κ2) is 6.54. The van der Waals surface area contributed by atoms with Crippen molar-refractivity contribution < 1.29 is 14.4 Å². The van der Waals surface area contributed by atoms with Crippen LogP contribution in [0.2, 0.25) is 0 Å². The van der Waals surface area contributed by atoms with Gasteiger partial charge < -0.3 is 15.5 Å². The van der Waals surface area contributed by atoms with Gasteiger partial charge in [-0.25, -0.2) is 0 Å². The van der Waals surface area contributed by atoms with Gasteiger partial charge in [0.25, 0.3) is 0 Å². The van der Waals surface area contributed by atoms with Crippen LogP contribution in [0.1, 0.15) is 24.0 Å². The molecule has 4 rings (SSSR count). The van der Waals surface area contributed by atoms with Gasteiger partial charge in [-0.2, -0.15) is 0 Å². The van der Waals surface area contributed by atoms with Crippen LogP contribution in [0.3, 0.4) is 0 Å². The standard InChI is InChI=1S/C21H21N3O3/c1-14-7-9-15(10-8-14)22-18(25)19(26)24-12-4-11-21(13-24)16-5-2-3-6-17(16)23-20(21)27/h2-3,5-10H,4,11-13H2,1H3,(H,22,25)(H,23,27)/t21-/m0/s1. The van der Waals surface area contributed by atoms with Crippen LogP contribution in [0, 0.1) is 6.92 Å². The second-order valence-electron chi connectivity index (χ2n) is 7.23. The Morgan fingerprint density at radius 2 is 1.85 bits per heavy atom. The summed E-state index contributed by atoms with van der Waals surface area (Å²) in [7, 11) is 0. The van der Waals surface area contributed by atoms with E-state index in [1.54, 1.807) is 12.1 Å². The highest BCUT2D eigenvalue weighted by Crippen LogP contribution is 2.43. The van der Waals surface area contributed by atoms with Crippen LogP contribution in [0.4, 0.5) is 11.4 Å². The van der Waals surface area contributed by atoms with Gasteiger partial charge in [-0.05, 0) is 43.5 Å². The van der Waals surface area contributed by atoms with E-state index in [0.29, 0.717) is 25.1 Å². The number of hydrogen-bond donors (Lipinski definition) is 2. The summed E-state index contributed by atoms with van der Waals surface area (Å²) in [5, 5.41) is 5.56. The Labute approximate surface area is 157 Å². The summed E-state index contributed by atoms with van der Waals surface area (Å²) in [6.07, 6.45) is 1.34. The lowest BCUT2D eigenvalue weighted by atomic mass is 9.75. The second-order valence-corrected chi connectivity index (χ2v) is 7.23.